The highest BCUT2D eigenvalue weighted by Gasteiger charge is 2.35. The lowest BCUT2D eigenvalue weighted by atomic mass is 9.95. The molecule has 3 N–H and O–H groups in total. The molecule has 7 nitrogen and oxygen atoms in total. The van der Waals surface area contributed by atoms with Gasteiger partial charge < -0.3 is 29.6 Å². The van der Waals surface area contributed by atoms with E-state index in [1.54, 1.807) is 21.3 Å². The van der Waals surface area contributed by atoms with Crippen LogP contribution in [-0.4, -0.2) is 44.4 Å². The third-order valence-electron chi connectivity index (χ3n) is 4.64. The first-order valence-corrected chi connectivity index (χ1v) is 8.49. The molecule has 0 radical (unpaired) electrons. The van der Waals surface area contributed by atoms with Gasteiger partial charge in [-0.1, -0.05) is 0 Å². The predicted octanol–water partition coefficient (Wildman–Crippen LogP) is 3.00. The number of carboxylic acid groups (broad SMARTS) is 1. The maximum atomic E-state index is 11.8. The van der Waals surface area contributed by atoms with Gasteiger partial charge in [-0.25, -0.2) is 4.79 Å². The first kappa shape index (κ1) is 18.1. The highest BCUT2D eigenvalue weighted by atomic mass is 16.5. The lowest BCUT2D eigenvalue weighted by molar-refractivity contribution is 0.0689. The van der Waals surface area contributed by atoms with Crippen LogP contribution in [0, 0.1) is 0 Å². The summed E-state index contributed by atoms with van der Waals surface area (Å²) in [7, 11) is 6.52. The van der Waals surface area contributed by atoms with E-state index >= 15 is 0 Å². The Kier molecular flexibility index (Phi) is 5.08. The van der Waals surface area contributed by atoms with Crippen LogP contribution in [-0.2, 0) is 6.54 Å². The summed E-state index contributed by atoms with van der Waals surface area (Å²) < 4.78 is 16.5. The van der Waals surface area contributed by atoms with E-state index in [0.29, 0.717) is 23.8 Å². The van der Waals surface area contributed by atoms with Crippen LogP contribution in [0.3, 0.4) is 0 Å². The topological polar surface area (TPSA) is 92.8 Å². The molecule has 1 heterocycles. The van der Waals surface area contributed by atoms with Crippen molar-refractivity contribution in [2.75, 3.05) is 28.4 Å². The number of hydrogen-bond donors (Lipinski definition) is 3. The van der Waals surface area contributed by atoms with E-state index in [1.807, 2.05) is 19.2 Å². The van der Waals surface area contributed by atoms with Crippen molar-refractivity contribution >= 4 is 5.97 Å². The van der Waals surface area contributed by atoms with Crippen LogP contribution in [0.4, 0.5) is 0 Å². The van der Waals surface area contributed by atoms with Gasteiger partial charge >= 0.3 is 5.97 Å². The number of hydrogen-bond acceptors (Lipinski definition) is 5. The molecule has 1 aromatic heterocycles. The molecule has 0 atom stereocenters. The zero-order valence-electron chi connectivity index (χ0n) is 15.4. The number of aromatic carboxylic acids is 1. The second-order valence-corrected chi connectivity index (χ2v) is 6.26. The summed E-state index contributed by atoms with van der Waals surface area (Å²) in [6.07, 6.45) is 1.97. The summed E-state index contributed by atoms with van der Waals surface area (Å²) in [4.78, 5) is 14.9. The van der Waals surface area contributed by atoms with Crippen molar-refractivity contribution in [2.45, 2.75) is 25.3 Å². The molecular weight excluding hydrogens is 336 g/mol. The third-order valence-corrected chi connectivity index (χ3v) is 4.64. The largest absolute Gasteiger partial charge is 0.493 e. The van der Waals surface area contributed by atoms with Gasteiger partial charge in [-0.05, 0) is 43.5 Å². The van der Waals surface area contributed by atoms with E-state index < -0.39 is 5.97 Å². The minimum atomic E-state index is -0.949. The Hall–Kier alpha value is -2.67. The average Bonchev–Trinajstić information content (AvgIpc) is 3.41. The standard InChI is InChI=1S/C19H24N2O5/c1-20-9-12-15(14(10-5-6-10)16(21-12)19(22)23)11-7-8-13(24-2)18(26-4)17(11)25-3/h7-8,10,20-21H,5-6,9H2,1-4H3,(H,22,23). The third kappa shape index (κ3) is 2.99. The molecule has 0 spiro atoms. The summed E-state index contributed by atoms with van der Waals surface area (Å²) in [6, 6.07) is 3.70. The molecule has 0 amide bonds. The number of methoxy groups -OCH3 is 3. The second kappa shape index (κ2) is 7.29. The van der Waals surface area contributed by atoms with Crippen molar-refractivity contribution in [3.8, 4) is 28.4 Å². The Bertz CT molecular complexity index is 824. The zero-order chi connectivity index (χ0) is 18.8. The maximum Gasteiger partial charge on any atom is 0.352 e. The van der Waals surface area contributed by atoms with E-state index in [4.69, 9.17) is 14.2 Å². The Balaban J connectivity index is 2.31. The van der Waals surface area contributed by atoms with Crippen LogP contribution < -0.4 is 19.5 Å². The van der Waals surface area contributed by atoms with Crippen molar-refractivity contribution in [3.63, 3.8) is 0 Å². The molecule has 1 aliphatic rings. The van der Waals surface area contributed by atoms with Gasteiger partial charge in [-0.15, -0.1) is 0 Å². The first-order valence-electron chi connectivity index (χ1n) is 8.49. The van der Waals surface area contributed by atoms with Crippen molar-refractivity contribution in [1.82, 2.24) is 10.3 Å². The maximum absolute atomic E-state index is 11.8. The van der Waals surface area contributed by atoms with Crippen LogP contribution >= 0.6 is 0 Å². The predicted molar refractivity (Wildman–Crippen MR) is 97.6 cm³/mol. The van der Waals surface area contributed by atoms with Crippen LogP contribution in [0.2, 0.25) is 0 Å². The van der Waals surface area contributed by atoms with Crippen molar-refractivity contribution in [2.24, 2.45) is 0 Å². The van der Waals surface area contributed by atoms with E-state index in [2.05, 4.69) is 10.3 Å². The molecule has 1 aromatic carbocycles. The van der Waals surface area contributed by atoms with Gasteiger partial charge in [0.15, 0.2) is 11.5 Å². The Morgan fingerprint density at radius 3 is 2.38 bits per heavy atom. The summed E-state index contributed by atoms with van der Waals surface area (Å²) >= 11 is 0. The van der Waals surface area contributed by atoms with Gasteiger partial charge in [0.25, 0.3) is 0 Å². The van der Waals surface area contributed by atoms with E-state index in [1.165, 1.54) is 0 Å². The number of nitrogens with one attached hydrogen (secondary N) is 2. The summed E-state index contributed by atoms with van der Waals surface area (Å²) in [5.74, 6) is 0.876. The molecule has 26 heavy (non-hydrogen) atoms. The van der Waals surface area contributed by atoms with Crippen LogP contribution in [0.5, 0.6) is 17.2 Å². The van der Waals surface area contributed by atoms with Gasteiger partial charge in [0, 0.05) is 23.4 Å². The molecule has 1 saturated carbocycles. The molecule has 3 rings (SSSR count). The normalized spacial score (nSPS) is 13.5. The lowest BCUT2D eigenvalue weighted by Crippen LogP contribution is -2.07. The quantitative estimate of drug-likeness (QED) is 0.670. The fraction of sp³-hybridized carbons (Fsp3) is 0.421. The minimum Gasteiger partial charge on any atom is -0.493 e. The van der Waals surface area contributed by atoms with E-state index in [0.717, 1.165) is 35.2 Å². The number of ether oxygens (including phenoxy) is 3. The Morgan fingerprint density at radius 1 is 1.19 bits per heavy atom. The van der Waals surface area contributed by atoms with Gasteiger partial charge in [0.05, 0.1) is 21.3 Å². The summed E-state index contributed by atoms with van der Waals surface area (Å²) in [5.41, 5.74) is 3.58. The van der Waals surface area contributed by atoms with Crippen LogP contribution in [0.1, 0.15) is 40.5 Å². The molecule has 140 valence electrons. The number of benzene rings is 1. The van der Waals surface area contributed by atoms with Crippen LogP contribution in [0.15, 0.2) is 12.1 Å². The number of rotatable bonds is 8. The number of aromatic nitrogens is 1. The molecule has 0 unspecified atom stereocenters. The average molecular weight is 360 g/mol. The molecule has 0 saturated heterocycles. The van der Waals surface area contributed by atoms with Gasteiger partial charge in [-0.2, -0.15) is 0 Å². The number of carboxylic acids is 1. The molecule has 2 aromatic rings. The van der Waals surface area contributed by atoms with Crippen molar-refractivity contribution < 1.29 is 24.1 Å². The molecule has 0 bridgehead atoms. The van der Waals surface area contributed by atoms with E-state index in [-0.39, 0.29) is 11.6 Å². The van der Waals surface area contributed by atoms with Crippen molar-refractivity contribution in [3.05, 3.63) is 29.1 Å². The van der Waals surface area contributed by atoms with E-state index in [9.17, 15) is 9.90 Å². The zero-order valence-corrected chi connectivity index (χ0v) is 15.4. The summed E-state index contributed by atoms with van der Waals surface area (Å²) in [5, 5.41) is 12.8. The lowest BCUT2D eigenvalue weighted by Gasteiger charge is -2.17. The molecule has 7 heteroatoms. The fourth-order valence-electron chi connectivity index (χ4n) is 3.43. The highest BCUT2D eigenvalue weighted by molar-refractivity contribution is 5.93. The Morgan fingerprint density at radius 2 is 1.88 bits per heavy atom. The monoisotopic (exact) mass is 360 g/mol. The minimum absolute atomic E-state index is 0.246. The van der Waals surface area contributed by atoms with Crippen LogP contribution in [0.25, 0.3) is 11.1 Å². The highest BCUT2D eigenvalue weighted by Crippen LogP contribution is 2.52. The Labute approximate surface area is 152 Å². The van der Waals surface area contributed by atoms with Crippen molar-refractivity contribution in [1.29, 1.82) is 0 Å². The molecule has 1 fully saturated rings. The second-order valence-electron chi connectivity index (χ2n) is 6.26. The van der Waals surface area contributed by atoms with Gasteiger partial charge in [0.1, 0.15) is 5.69 Å². The fourth-order valence-corrected chi connectivity index (χ4v) is 3.43. The summed E-state index contributed by atoms with van der Waals surface area (Å²) in [6.45, 7) is 0.514. The number of carbonyl (C=O) groups is 1. The first-order chi connectivity index (χ1) is 12.6. The molecule has 0 aliphatic heterocycles. The molecule has 1 aliphatic carbocycles. The van der Waals surface area contributed by atoms with Gasteiger partial charge in [-0.3, -0.25) is 0 Å². The smallest absolute Gasteiger partial charge is 0.352 e. The van der Waals surface area contributed by atoms with Gasteiger partial charge in [0.2, 0.25) is 5.75 Å². The number of aromatic amines is 1. The number of H-pyrrole nitrogens is 1. The molecular formula is C19H24N2O5. The SMILES string of the molecule is CNCc1[nH]c(C(=O)O)c(C2CC2)c1-c1ccc(OC)c(OC)c1OC.